The lowest BCUT2D eigenvalue weighted by molar-refractivity contribution is 0.402. The number of ether oxygens (including phenoxy) is 1. The van der Waals surface area contributed by atoms with Gasteiger partial charge in [-0.1, -0.05) is 12.2 Å². The number of nitrogens with zero attached hydrogens (tertiary/aromatic N) is 1. The van der Waals surface area contributed by atoms with Crippen molar-refractivity contribution in [2.75, 3.05) is 20.7 Å². The van der Waals surface area contributed by atoms with Crippen molar-refractivity contribution < 1.29 is 4.74 Å². The molecule has 0 bridgehead atoms. The summed E-state index contributed by atoms with van der Waals surface area (Å²) in [6.07, 6.45) is 2.27. The van der Waals surface area contributed by atoms with Crippen LogP contribution < -0.4 is 4.74 Å². The van der Waals surface area contributed by atoms with Gasteiger partial charge in [0.2, 0.25) is 0 Å². The molecule has 0 radical (unpaired) electrons. The summed E-state index contributed by atoms with van der Waals surface area (Å²) >= 11 is 7.12. The Hall–Kier alpha value is -1.13. The molecule has 1 aliphatic rings. The minimum Gasteiger partial charge on any atom is -0.496 e. The fraction of sp³-hybridized carbons (Fsp3) is 0.438. The lowest BCUT2D eigenvalue weighted by Crippen LogP contribution is -2.29. The van der Waals surface area contributed by atoms with Crippen LogP contribution in [-0.4, -0.2) is 30.6 Å². The first-order chi connectivity index (χ1) is 9.61. The molecule has 0 amide bonds. The number of aryl methyl sites for hydroxylation is 1. The van der Waals surface area contributed by atoms with Gasteiger partial charge in [-0.3, -0.25) is 0 Å². The summed E-state index contributed by atoms with van der Waals surface area (Å²) in [4.78, 5) is 3.15. The van der Waals surface area contributed by atoms with Crippen LogP contribution in [0, 0.1) is 0 Å². The summed E-state index contributed by atoms with van der Waals surface area (Å²) in [5.41, 5.74) is 2.87. The number of methoxy groups -OCH3 is 1. The Morgan fingerprint density at radius 2 is 2.30 bits per heavy atom. The van der Waals surface area contributed by atoms with Crippen molar-refractivity contribution in [2.24, 2.45) is 0 Å². The maximum absolute atomic E-state index is 5.53. The SMILES string of the molecule is COc1ccc2scc3c2c1CCC3CN(C)C(C)=S. The molecule has 4 heteroatoms. The monoisotopic (exact) mass is 305 g/mol. The standard InChI is InChI=1S/C16H19NOS2/c1-10(19)17(2)8-11-4-5-12-14(18-3)6-7-15-16(12)13(11)9-20-15/h6-7,9,11H,4-5,8H2,1-3H3. The average Bonchev–Trinajstić information content (AvgIpc) is 2.87. The summed E-state index contributed by atoms with van der Waals surface area (Å²) in [6.45, 7) is 3.01. The number of rotatable bonds is 3. The molecule has 1 heterocycles. The molecule has 1 unspecified atom stereocenters. The fourth-order valence-electron chi connectivity index (χ4n) is 3.07. The molecule has 0 N–H and O–H groups in total. The van der Waals surface area contributed by atoms with Gasteiger partial charge in [0.25, 0.3) is 0 Å². The minimum atomic E-state index is 0.575. The van der Waals surface area contributed by atoms with E-state index >= 15 is 0 Å². The van der Waals surface area contributed by atoms with Gasteiger partial charge in [-0.15, -0.1) is 11.3 Å². The maximum Gasteiger partial charge on any atom is 0.122 e. The third kappa shape index (κ3) is 2.21. The van der Waals surface area contributed by atoms with E-state index in [-0.39, 0.29) is 0 Å². The first-order valence-electron chi connectivity index (χ1n) is 6.90. The topological polar surface area (TPSA) is 12.5 Å². The normalized spacial score (nSPS) is 17.2. The molecule has 0 fully saturated rings. The second-order valence-corrected chi connectivity index (χ2v) is 6.95. The van der Waals surface area contributed by atoms with Gasteiger partial charge < -0.3 is 9.64 Å². The highest BCUT2D eigenvalue weighted by Crippen LogP contribution is 2.43. The Morgan fingerprint density at radius 1 is 1.50 bits per heavy atom. The predicted octanol–water partition coefficient (Wildman–Crippen LogP) is 4.22. The zero-order valence-corrected chi connectivity index (χ0v) is 13.7. The van der Waals surface area contributed by atoms with Crippen molar-refractivity contribution in [3.05, 3.63) is 28.6 Å². The second kappa shape index (κ2) is 5.34. The second-order valence-electron chi connectivity index (χ2n) is 5.45. The minimum absolute atomic E-state index is 0.575. The summed E-state index contributed by atoms with van der Waals surface area (Å²) in [5.74, 6) is 1.61. The molecule has 2 aromatic rings. The molecule has 1 atom stereocenters. The van der Waals surface area contributed by atoms with E-state index in [9.17, 15) is 0 Å². The van der Waals surface area contributed by atoms with E-state index in [0.29, 0.717) is 5.92 Å². The van der Waals surface area contributed by atoms with E-state index < -0.39 is 0 Å². The van der Waals surface area contributed by atoms with Crippen LogP contribution in [0.1, 0.15) is 30.4 Å². The van der Waals surface area contributed by atoms with Crippen molar-refractivity contribution in [2.45, 2.75) is 25.7 Å². The van der Waals surface area contributed by atoms with Crippen LogP contribution in [0.4, 0.5) is 0 Å². The lowest BCUT2D eigenvalue weighted by atomic mass is 9.83. The van der Waals surface area contributed by atoms with Gasteiger partial charge in [-0.25, -0.2) is 0 Å². The molecule has 0 spiro atoms. The van der Waals surface area contributed by atoms with Crippen molar-refractivity contribution >= 4 is 38.6 Å². The van der Waals surface area contributed by atoms with Crippen LogP contribution in [0.25, 0.3) is 10.1 Å². The third-order valence-corrected chi connectivity index (χ3v) is 5.55. The molecule has 3 rings (SSSR count). The van der Waals surface area contributed by atoms with Gasteiger partial charge in [0.15, 0.2) is 0 Å². The molecule has 1 aromatic carbocycles. The first-order valence-corrected chi connectivity index (χ1v) is 8.19. The zero-order valence-electron chi connectivity index (χ0n) is 12.1. The summed E-state index contributed by atoms with van der Waals surface area (Å²) in [7, 11) is 3.85. The van der Waals surface area contributed by atoms with E-state index in [1.54, 1.807) is 7.11 Å². The number of thiophene rings is 1. The van der Waals surface area contributed by atoms with Crippen LogP contribution in [0.3, 0.4) is 0 Å². The van der Waals surface area contributed by atoms with Crippen LogP contribution in [0.15, 0.2) is 17.5 Å². The zero-order chi connectivity index (χ0) is 14.3. The largest absolute Gasteiger partial charge is 0.496 e. The predicted molar refractivity (Wildman–Crippen MR) is 90.3 cm³/mol. The van der Waals surface area contributed by atoms with Gasteiger partial charge in [-0.05, 0) is 42.8 Å². The van der Waals surface area contributed by atoms with Gasteiger partial charge >= 0.3 is 0 Å². The molecule has 0 aliphatic heterocycles. The quantitative estimate of drug-likeness (QED) is 0.788. The number of thiocarbonyl (C=S) groups is 1. The number of hydrogen-bond donors (Lipinski definition) is 0. The molecular formula is C16H19NOS2. The first kappa shape index (κ1) is 13.8. The smallest absolute Gasteiger partial charge is 0.122 e. The fourth-order valence-corrected chi connectivity index (χ4v) is 4.21. The van der Waals surface area contributed by atoms with Crippen LogP contribution in [0.5, 0.6) is 5.75 Å². The van der Waals surface area contributed by atoms with Crippen LogP contribution >= 0.6 is 23.6 Å². The van der Waals surface area contributed by atoms with Crippen molar-refractivity contribution in [3.63, 3.8) is 0 Å². The average molecular weight is 305 g/mol. The highest BCUT2D eigenvalue weighted by atomic mass is 32.1. The molecule has 20 heavy (non-hydrogen) atoms. The molecule has 0 saturated heterocycles. The molecular weight excluding hydrogens is 286 g/mol. The maximum atomic E-state index is 5.53. The van der Waals surface area contributed by atoms with Crippen LogP contribution in [0.2, 0.25) is 0 Å². The molecule has 0 saturated carbocycles. The third-order valence-electron chi connectivity index (χ3n) is 4.27. The molecule has 1 aromatic heterocycles. The van der Waals surface area contributed by atoms with E-state index in [4.69, 9.17) is 17.0 Å². The van der Waals surface area contributed by atoms with E-state index in [1.807, 2.05) is 18.3 Å². The highest BCUT2D eigenvalue weighted by molar-refractivity contribution is 7.80. The molecule has 106 valence electrons. The Labute approximate surface area is 129 Å². The number of benzene rings is 1. The van der Waals surface area contributed by atoms with Gasteiger partial charge in [0.1, 0.15) is 5.75 Å². The number of hydrogen-bond acceptors (Lipinski definition) is 3. The van der Waals surface area contributed by atoms with Gasteiger partial charge in [0, 0.05) is 35.2 Å². The van der Waals surface area contributed by atoms with Crippen molar-refractivity contribution in [3.8, 4) is 5.75 Å². The van der Waals surface area contributed by atoms with E-state index in [0.717, 1.165) is 23.7 Å². The number of likely N-dealkylation sites (N-methyl/N-ethyl adjacent to an activating group) is 1. The molecule has 1 aliphatic carbocycles. The summed E-state index contributed by atoms with van der Waals surface area (Å²) in [5, 5.41) is 3.75. The Morgan fingerprint density at radius 3 is 3.00 bits per heavy atom. The van der Waals surface area contributed by atoms with E-state index in [2.05, 4.69) is 29.5 Å². The summed E-state index contributed by atoms with van der Waals surface area (Å²) < 4.78 is 6.91. The van der Waals surface area contributed by atoms with E-state index in [1.165, 1.54) is 27.6 Å². The Bertz CT molecular complexity index is 662. The van der Waals surface area contributed by atoms with Gasteiger partial charge in [-0.2, -0.15) is 0 Å². The van der Waals surface area contributed by atoms with Gasteiger partial charge in [0.05, 0.1) is 12.1 Å². The Kier molecular flexibility index (Phi) is 3.69. The lowest BCUT2D eigenvalue weighted by Gasteiger charge is -2.28. The Balaban J connectivity index is 2.03. The molecule has 2 nitrogen and oxygen atoms in total. The summed E-state index contributed by atoms with van der Waals surface area (Å²) in [6, 6.07) is 4.29. The highest BCUT2D eigenvalue weighted by Gasteiger charge is 2.26. The van der Waals surface area contributed by atoms with Crippen molar-refractivity contribution in [1.29, 1.82) is 0 Å². The van der Waals surface area contributed by atoms with Crippen LogP contribution in [-0.2, 0) is 6.42 Å². The van der Waals surface area contributed by atoms with Crippen molar-refractivity contribution in [1.82, 2.24) is 4.90 Å².